The van der Waals surface area contributed by atoms with Crippen LogP contribution in [-0.2, 0) is 4.74 Å². The minimum absolute atomic E-state index is 0.0875. The second-order valence-corrected chi connectivity index (χ2v) is 7.95. The van der Waals surface area contributed by atoms with Crippen LogP contribution in [0.2, 0.25) is 10.0 Å². The van der Waals surface area contributed by atoms with Crippen molar-refractivity contribution in [3.63, 3.8) is 0 Å². The minimum Gasteiger partial charge on any atom is -0.462 e. The van der Waals surface area contributed by atoms with Gasteiger partial charge in [0.2, 0.25) is 0 Å². The van der Waals surface area contributed by atoms with Crippen LogP contribution in [0, 0.1) is 6.92 Å². The molecule has 156 valence electrons. The third-order valence-corrected chi connectivity index (χ3v) is 5.88. The Labute approximate surface area is 185 Å². The van der Waals surface area contributed by atoms with Gasteiger partial charge in [-0.3, -0.25) is 14.7 Å². The molecule has 3 aromatic rings. The summed E-state index contributed by atoms with van der Waals surface area (Å²) >= 11 is 13.0. The topological polar surface area (TPSA) is 127 Å². The summed E-state index contributed by atoms with van der Waals surface area (Å²) < 4.78 is 5.03. The van der Waals surface area contributed by atoms with Crippen molar-refractivity contribution in [1.29, 1.82) is 0 Å². The number of hydrogen-bond donors (Lipinski definition) is 3. The van der Waals surface area contributed by atoms with Gasteiger partial charge in [-0.05, 0) is 43.7 Å². The summed E-state index contributed by atoms with van der Waals surface area (Å²) in [5, 5.41) is 10.4. The zero-order chi connectivity index (χ0) is 22.0. The Morgan fingerprint density at radius 1 is 1.27 bits per heavy atom. The van der Waals surface area contributed by atoms with Crippen LogP contribution in [0.5, 0.6) is 0 Å². The number of aromatic nitrogens is 2. The van der Waals surface area contributed by atoms with Gasteiger partial charge in [0.1, 0.15) is 10.7 Å². The van der Waals surface area contributed by atoms with E-state index in [1.54, 1.807) is 32.0 Å². The minimum atomic E-state index is -0.704. The highest BCUT2D eigenvalue weighted by molar-refractivity contribution is 7.18. The summed E-state index contributed by atoms with van der Waals surface area (Å²) in [6.45, 7) is 3.36. The number of benzene rings is 1. The maximum atomic E-state index is 12.7. The maximum absolute atomic E-state index is 12.7. The number of nitrogens with two attached hydrogens (primary N) is 1. The first-order chi connectivity index (χ1) is 14.2. The van der Waals surface area contributed by atoms with Gasteiger partial charge in [-0.25, -0.2) is 4.79 Å². The van der Waals surface area contributed by atoms with Gasteiger partial charge >= 0.3 is 5.97 Å². The SMILES string of the molecule is CCOC(=O)c1c(NC(=O)c2cc(-c3ccc(Cl)cc3Cl)n[nH]2)sc(C(N)=O)c1C. The van der Waals surface area contributed by atoms with E-state index in [0.29, 0.717) is 26.9 Å². The summed E-state index contributed by atoms with van der Waals surface area (Å²) in [6, 6.07) is 6.41. The number of carbonyl (C=O) groups is 3. The number of anilines is 1. The molecule has 0 aliphatic heterocycles. The first-order valence-corrected chi connectivity index (χ1v) is 10.2. The lowest BCUT2D eigenvalue weighted by atomic mass is 10.1. The van der Waals surface area contributed by atoms with Crippen LogP contribution in [0.25, 0.3) is 11.3 Å². The second kappa shape index (κ2) is 8.86. The normalized spacial score (nSPS) is 10.7. The number of thiophene rings is 1. The number of halogens is 2. The average molecular weight is 467 g/mol. The van der Waals surface area contributed by atoms with E-state index in [2.05, 4.69) is 15.5 Å². The van der Waals surface area contributed by atoms with Crippen molar-refractivity contribution < 1.29 is 19.1 Å². The predicted octanol–water partition coefficient (Wildman–Crippen LogP) is 4.28. The van der Waals surface area contributed by atoms with Crippen molar-refractivity contribution in [3.05, 3.63) is 56.0 Å². The van der Waals surface area contributed by atoms with Crippen molar-refractivity contribution in [2.45, 2.75) is 13.8 Å². The van der Waals surface area contributed by atoms with Crippen LogP contribution in [-0.4, -0.2) is 34.6 Å². The Morgan fingerprint density at radius 2 is 2.00 bits per heavy atom. The van der Waals surface area contributed by atoms with Crippen molar-refractivity contribution in [1.82, 2.24) is 10.2 Å². The monoisotopic (exact) mass is 466 g/mol. The van der Waals surface area contributed by atoms with Gasteiger partial charge < -0.3 is 15.8 Å². The van der Waals surface area contributed by atoms with Crippen LogP contribution in [0.4, 0.5) is 5.00 Å². The highest BCUT2D eigenvalue weighted by atomic mass is 35.5. The van der Waals surface area contributed by atoms with Crippen LogP contribution in [0.15, 0.2) is 24.3 Å². The number of rotatable bonds is 6. The van der Waals surface area contributed by atoms with E-state index in [4.69, 9.17) is 33.7 Å². The van der Waals surface area contributed by atoms with Gasteiger partial charge in [-0.15, -0.1) is 11.3 Å². The zero-order valence-electron chi connectivity index (χ0n) is 15.8. The number of H-pyrrole nitrogens is 1. The standard InChI is InChI=1S/C19H16Cl2N4O4S/c1-3-29-19(28)14-8(2)15(16(22)26)30-18(14)23-17(27)13-7-12(24-25-13)10-5-4-9(20)6-11(10)21/h4-7H,3H2,1-2H3,(H2,22,26)(H,23,27)(H,24,25). The fourth-order valence-electron chi connectivity index (χ4n) is 2.73. The molecule has 2 aromatic heterocycles. The van der Waals surface area contributed by atoms with Crippen LogP contribution < -0.4 is 11.1 Å². The quantitative estimate of drug-likeness (QED) is 0.467. The number of ether oxygens (including phenoxy) is 1. The second-order valence-electron chi connectivity index (χ2n) is 6.09. The van der Waals surface area contributed by atoms with E-state index in [1.165, 1.54) is 6.07 Å². The van der Waals surface area contributed by atoms with Gasteiger partial charge in [0.25, 0.3) is 11.8 Å². The third-order valence-electron chi connectivity index (χ3n) is 4.11. The molecule has 0 saturated heterocycles. The van der Waals surface area contributed by atoms with Crippen LogP contribution in [0.1, 0.15) is 43.0 Å². The Morgan fingerprint density at radius 3 is 2.63 bits per heavy atom. The van der Waals surface area contributed by atoms with Gasteiger partial charge in [0.15, 0.2) is 0 Å². The van der Waals surface area contributed by atoms with Crippen molar-refractivity contribution in [2.75, 3.05) is 11.9 Å². The molecule has 0 saturated carbocycles. The van der Waals surface area contributed by atoms with E-state index in [-0.39, 0.29) is 27.7 Å². The van der Waals surface area contributed by atoms with Gasteiger partial charge in [-0.1, -0.05) is 23.2 Å². The molecule has 1 aromatic carbocycles. The zero-order valence-corrected chi connectivity index (χ0v) is 18.2. The number of carbonyl (C=O) groups excluding carboxylic acids is 3. The van der Waals surface area contributed by atoms with Crippen molar-refractivity contribution in [2.24, 2.45) is 5.73 Å². The molecular formula is C19H16Cl2N4O4S. The number of esters is 1. The van der Waals surface area contributed by atoms with Crippen molar-refractivity contribution >= 4 is 57.3 Å². The van der Waals surface area contributed by atoms with E-state index in [0.717, 1.165) is 11.3 Å². The highest BCUT2D eigenvalue weighted by Gasteiger charge is 2.26. The molecule has 0 radical (unpaired) electrons. The predicted molar refractivity (Wildman–Crippen MR) is 116 cm³/mol. The van der Waals surface area contributed by atoms with Gasteiger partial charge in [-0.2, -0.15) is 5.10 Å². The van der Waals surface area contributed by atoms with E-state index < -0.39 is 17.8 Å². The summed E-state index contributed by atoms with van der Waals surface area (Å²) in [5.74, 6) is -1.93. The molecule has 4 N–H and O–H groups in total. The number of hydrogen-bond acceptors (Lipinski definition) is 6. The molecule has 0 atom stereocenters. The van der Waals surface area contributed by atoms with Crippen molar-refractivity contribution in [3.8, 4) is 11.3 Å². The lowest BCUT2D eigenvalue weighted by Crippen LogP contribution is -2.15. The lowest BCUT2D eigenvalue weighted by molar-refractivity contribution is 0.0527. The largest absolute Gasteiger partial charge is 0.462 e. The Hall–Kier alpha value is -2.88. The average Bonchev–Trinajstić information content (AvgIpc) is 3.27. The molecule has 0 unspecified atom stereocenters. The van der Waals surface area contributed by atoms with Crippen LogP contribution >= 0.6 is 34.5 Å². The fraction of sp³-hybridized carbons (Fsp3) is 0.158. The lowest BCUT2D eigenvalue weighted by Gasteiger charge is -2.06. The molecule has 0 fully saturated rings. The molecule has 3 rings (SSSR count). The summed E-state index contributed by atoms with van der Waals surface area (Å²) in [5.41, 5.74) is 6.96. The van der Waals surface area contributed by atoms with Gasteiger partial charge in [0.05, 0.1) is 27.8 Å². The number of primary amides is 1. The number of aromatic amines is 1. The molecule has 0 bridgehead atoms. The number of nitrogens with zero attached hydrogens (tertiary/aromatic N) is 1. The van der Waals surface area contributed by atoms with E-state index in [1.807, 2.05) is 0 Å². The Bertz CT molecular complexity index is 1160. The maximum Gasteiger partial charge on any atom is 0.341 e. The third kappa shape index (κ3) is 4.33. The molecule has 2 amide bonds. The van der Waals surface area contributed by atoms with E-state index in [9.17, 15) is 14.4 Å². The molecule has 8 nitrogen and oxygen atoms in total. The summed E-state index contributed by atoms with van der Waals surface area (Å²) in [6.07, 6.45) is 0. The van der Waals surface area contributed by atoms with E-state index >= 15 is 0 Å². The van der Waals surface area contributed by atoms with Gasteiger partial charge in [0, 0.05) is 10.6 Å². The fourth-order valence-corrected chi connectivity index (χ4v) is 4.28. The molecule has 11 heteroatoms. The molecule has 2 heterocycles. The summed E-state index contributed by atoms with van der Waals surface area (Å²) in [4.78, 5) is 36.9. The molecule has 30 heavy (non-hydrogen) atoms. The number of amides is 2. The first kappa shape index (κ1) is 21.8. The summed E-state index contributed by atoms with van der Waals surface area (Å²) in [7, 11) is 0. The Balaban J connectivity index is 1.91. The molecule has 0 aliphatic carbocycles. The molecule has 0 spiro atoms. The Kier molecular flexibility index (Phi) is 6.45. The first-order valence-electron chi connectivity index (χ1n) is 8.65. The molecular weight excluding hydrogens is 451 g/mol. The van der Waals surface area contributed by atoms with Crippen LogP contribution in [0.3, 0.4) is 0 Å². The molecule has 0 aliphatic rings. The number of nitrogens with one attached hydrogen (secondary N) is 2. The smallest absolute Gasteiger partial charge is 0.341 e. The highest BCUT2D eigenvalue weighted by Crippen LogP contribution is 2.34.